The maximum Gasteiger partial charge on any atom is 0.203 e. The summed E-state index contributed by atoms with van der Waals surface area (Å²) in [6.45, 7) is 2.57. The average molecular weight is 215 g/mol. The number of imidazole rings is 1. The Morgan fingerprint density at radius 3 is 3.00 bits per heavy atom. The molecule has 2 aromatic heterocycles. The van der Waals surface area contributed by atoms with Gasteiger partial charge in [-0.1, -0.05) is 0 Å². The Labute approximate surface area is 84.4 Å². The molecule has 4 nitrogen and oxygen atoms in total. The van der Waals surface area contributed by atoms with Crippen LogP contribution in [0.4, 0.5) is 0 Å². The fourth-order valence-corrected chi connectivity index (χ4v) is 1.65. The highest BCUT2D eigenvalue weighted by Gasteiger charge is 2.03. The van der Waals surface area contributed by atoms with E-state index in [1.165, 1.54) is 11.5 Å². The number of aryl methyl sites for hydroxylation is 1. The lowest BCUT2D eigenvalue weighted by Crippen LogP contribution is -2.01. The highest BCUT2D eigenvalue weighted by atomic mass is 35.5. The topological polar surface area (TPSA) is 43.6 Å². The molecule has 2 aromatic rings. The molecule has 0 N–H and O–H groups in total. The molecule has 2 heterocycles. The van der Waals surface area contributed by atoms with Gasteiger partial charge in [0.15, 0.2) is 5.82 Å². The lowest BCUT2D eigenvalue weighted by molar-refractivity contribution is 0.729. The van der Waals surface area contributed by atoms with Gasteiger partial charge in [0.05, 0.1) is 6.54 Å². The van der Waals surface area contributed by atoms with Gasteiger partial charge < -0.3 is 4.57 Å². The molecule has 0 aromatic carbocycles. The number of halogens is 1. The van der Waals surface area contributed by atoms with E-state index in [1.54, 1.807) is 6.20 Å². The van der Waals surface area contributed by atoms with Gasteiger partial charge in [-0.15, -0.1) is 0 Å². The van der Waals surface area contributed by atoms with Gasteiger partial charge in [0.2, 0.25) is 4.47 Å². The summed E-state index contributed by atoms with van der Waals surface area (Å²) in [5.41, 5.74) is 0. The van der Waals surface area contributed by atoms with Gasteiger partial charge in [-0.3, -0.25) is 0 Å². The Morgan fingerprint density at radius 2 is 2.46 bits per heavy atom. The Balaban J connectivity index is 2.19. The zero-order valence-corrected chi connectivity index (χ0v) is 8.51. The Hall–Kier alpha value is -0.940. The average Bonchev–Trinajstić information content (AvgIpc) is 2.64. The summed E-state index contributed by atoms with van der Waals surface area (Å²) in [4.78, 5) is 8.15. The van der Waals surface area contributed by atoms with E-state index >= 15 is 0 Å². The highest BCUT2D eigenvalue weighted by molar-refractivity contribution is 7.10. The summed E-state index contributed by atoms with van der Waals surface area (Å²) < 4.78 is 6.53. The van der Waals surface area contributed by atoms with Crippen molar-refractivity contribution in [3.63, 3.8) is 0 Å². The van der Waals surface area contributed by atoms with Gasteiger partial charge >= 0.3 is 0 Å². The lowest BCUT2D eigenvalue weighted by atomic mass is 10.5. The van der Waals surface area contributed by atoms with Crippen molar-refractivity contribution in [2.45, 2.75) is 13.5 Å². The predicted octanol–water partition coefficient (Wildman–Crippen LogP) is 1.74. The number of nitrogens with zero attached hydrogens (tertiary/aromatic N) is 4. The minimum absolute atomic E-state index is 0.479. The Bertz CT molecular complexity index is 408. The zero-order valence-electron chi connectivity index (χ0n) is 6.94. The van der Waals surface area contributed by atoms with Crippen molar-refractivity contribution >= 4 is 23.1 Å². The molecule has 6 heteroatoms. The fourth-order valence-electron chi connectivity index (χ4n) is 1.02. The van der Waals surface area contributed by atoms with E-state index in [0.29, 0.717) is 11.0 Å². The number of rotatable bonds is 2. The molecule has 0 aliphatic heterocycles. The van der Waals surface area contributed by atoms with E-state index < -0.39 is 0 Å². The second kappa shape index (κ2) is 3.43. The van der Waals surface area contributed by atoms with E-state index in [9.17, 15) is 0 Å². The molecule has 68 valence electrons. The number of aromatic nitrogens is 4. The van der Waals surface area contributed by atoms with Crippen LogP contribution in [0.1, 0.15) is 11.6 Å². The van der Waals surface area contributed by atoms with Crippen molar-refractivity contribution in [3.05, 3.63) is 28.5 Å². The van der Waals surface area contributed by atoms with Crippen LogP contribution in [0.3, 0.4) is 0 Å². The van der Waals surface area contributed by atoms with E-state index in [-0.39, 0.29) is 0 Å². The molecule has 0 aliphatic rings. The first kappa shape index (κ1) is 8.65. The first-order valence-electron chi connectivity index (χ1n) is 3.71. The lowest BCUT2D eigenvalue weighted by Gasteiger charge is -1.99. The van der Waals surface area contributed by atoms with Crippen LogP contribution >= 0.6 is 23.1 Å². The molecule has 0 atom stereocenters. The van der Waals surface area contributed by atoms with E-state index in [4.69, 9.17) is 11.6 Å². The van der Waals surface area contributed by atoms with Crippen molar-refractivity contribution in [3.8, 4) is 0 Å². The van der Waals surface area contributed by atoms with Crippen LogP contribution in [0.15, 0.2) is 12.4 Å². The second-order valence-corrected chi connectivity index (χ2v) is 3.90. The molecule has 0 radical (unpaired) electrons. The van der Waals surface area contributed by atoms with Gasteiger partial charge in [-0.2, -0.15) is 4.37 Å². The van der Waals surface area contributed by atoms with Crippen molar-refractivity contribution in [2.75, 3.05) is 0 Å². The molecule has 2 rings (SSSR count). The van der Waals surface area contributed by atoms with Gasteiger partial charge in [0, 0.05) is 12.4 Å². The standard InChI is InChI=1S/C7H7ClN4S/c1-5-9-2-3-12(5)4-6-10-7(8)13-11-6/h2-3H,4H2,1H3. The fraction of sp³-hybridized carbons (Fsp3) is 0.286. The minimum atomic E-state index is 0.479. The van der Waals surface area contributed by atoms with Crippen molar-refractivity contribution in [2.24, 2.45) is 0 Å². The summed E-state index contributed by atoms with van der Waals surface area (Å²) in [5.74, 6) is 1.68. The molecule has 0 saturated carbocycles. The van der Waals surface area contributed by atoms with Crippen LogP contribution in [-0.4, -0.2) is 18.9 Å². The first-order valence-corrected chi connectivity index (χ1v) is 4.86. The van der Waals surface area contributed by atoms with Gasteiger partial charge in [0.25, 0.3) is 0 Å². The van der Waals surface area contributed by atoms with Crippen LogP contribution in [0.5, 0.6) is 0 Å². The quantitative estimate of drug-likeness (QED) is 0.765. The molecule has 0 fully saturated rings. The van der Waals surface area contributed by atoms with Crippen molar-refractivity contribution < 1.29 is 0 Å². The summed E-state index contributed by atoms with van der Waals surface area (Å²) in [6.07, 6.45) is 3.65. The zero-order chi connectivity index (χ0) is 9.26. The van der Waals surface area contributed by atoms with Gasteiger partial charge in [0.1, 0.15) is 5.82 Å². The van der Waals surface area contributed by atoms with E-state index in [1.807, 2.05) is 17.7 Å². The van der Waals surface area contributed by atoms with Crippen LogP contribution < -0.4 is 0 Å². The molecule has 0 spiro atoms. The summed E-state index contributed by atoms with van der Waals surface area (Å²) in [6, 6.07) is 0. The monoisotopic (exact) mass is 214 g/mol. The van der Waals surface area contributed by atoms with Gasteiger partial charge in [-0.05, 0) is 30.1 Å². The van der Waals surface area contributed by atoms with Crippen LogP contribution in [-0.2, 0) is 6.54 Å². The maximum absolute atomic E-state index is 5.66. The maximum atomic E-state index is 5.66. The molecular weight excluding hydrogens is 208 g/mol. The predicted molar refractivity (Wildman–Crippen MR) is 51.0 cm³/mol. The van der Waals surface area contributed by atoms with Crippen molar-refractivity contribution in [1.82, 2.24) is 18.9 Å². The molecule has 0 saturated heterocycles. The third kappa shape index (κ3) is 1.87. The molecular formula is C7H7ClN4S. The molecule has 0 aliphatic carbocycles. The molecule has 13 heavy (non-hydrogen) atoms. The van der Waals surface area contributed by atoms with Gasteiger partial charge in [-0.25, -0.2) is 9.97 Å². The minimum Gasteiger partial charge on any atom is -0.327 e. The Morgan fingerprint density at radius 1 is 1.62 bits per heavy atom. The van der Waals surface area contributed by atoms with E-state index in [0.717, 1.165) is 11.6 Å². The smallest absolute Gasteiger partial charge is 0.203 e. The third-order valence-electron chi connectivity index (χ3n) is 1.68. The van der Waals surface area contributed by atoms with E-state index in [2.05, 4.69) is 14.3 Å². The summed E-state index contributed by atoms with van der Waals surface area (Å²) in [7, 11) is 0. The first-order chi connectivity index (χ1) is 6.25. The SMILES string of the molecule is Cc1nccn1Cc1nsc(Cl)n1. The summed E-state index contributed by atoms with van der Waals surface area (Å²) in [5, 5.41) is 0. The molecule has 0 amide bonds. The summed E-state index contributed by atoms with van der Waals surface area (Å²) >= 11 is 6.86. The van der Waals surface area contributed by atoms with Crippen LogP contribution in [0, 0.1) is 6.92 Å². The largest absolute Gasteiger partial charge is 0.327 e. The molecule has 0 unspecified atom stereocenters. The van der Waals surface area contributed by atoms with Crippen molar-refractivity contribution in [1.29, 1.82) is 0 Å². The van der Waals surface area contributed by atoms with Crippen LogP contribution in [0.2, 0.25) is 4.47 Å². The second-order valence-electron chi connectivity index (χ2n) is 2.57. The Kier molecular flexibility index (Phi) is 2.28. The number of hydrogen-bond donors (Lipinski definition) is 0. The normalized spacial score (nSPS) is 10.6. The highest BCUT2D eigenvalue weighted by Crippen LogP contribution is 2.11. The van der Waals surface area contributed by atoms with Crippen LogP contribution in [0.25, 0.3) is 0 Å². The molecule has 0 bridgehead atoms. The third-order valence-corrected chi connectivity index (χ3v) is 2.51. The number of hydrogen-bond acceptors (Lipinski definition) is 4.